The normalized spacial score (nSPS) is 12.4. The van der Waals surface area contributed by atoms with Crippen LogP contribution in [0.2, 0.25) is 0 Å². The van der Waals surface area contributed by atoms with Crippen LogP contribution in [0.3, 0.4) is 0 Å². The van der Waals surface area contributed by atoms with Gasteiger partial charge in [0.2, 0.25) is 10.0 Å². The Labute approximate surface area is 184 Å². The van der Waals surface area contributed by atoms with E-state index in [1.807, 2.05) is 13.8 Å². The molecular formula is C21H23ClF2N2O4S. The van der Waals surface area contributed by atoms with Crippen molar-refractivity contribution in [3.8, 4) is 11.5 Å². The van der Waals surface area contributed by atoms with Gasteiger partial charge in [0.1, 0.15) is 11.5 Å². The van der Waals surface area contributed by atoms with Crippen LogP contribution in [0.1, 0.15) is 22.4 Å². The highest BCUT2D eigenvalue weighted by atomic mass is 35.5. The van der Waals surface area contributed by atoms with Gasteiger partial charge in [-0.2, -0.15) is 0 Å². The maximum absolute atomic E-state index is 13.0. The molecule has 10 heteroatoms. The molecule has 0 amide bonds. The standard InChI is InChI=1S/C21H23ClF2N2O4S/c1-12-9-13(2)20(11-19(12)29-4)31(27,28)25-8-7-16-14(3)26-18-6-5-15(10-17(16)18)30-21(22,23)24/h5-6,9-11,25-26H,7-8H2,1-4H3. The average molecular weight is 473 g/mol. The molecule has 3 rings (SSSR count). The smallest absolute Gasteiger partial charge is 0.487 e. The molecule has 0 saturated carbocycles. The van der Waals surface area contributed by atoms with Crippen LogP contribution in [-0.2, 0) is 16.4 Å². The summed E-state index contributed by atoms with van der Waals surface area (Å²) in [4.78, 5) is 3.30. The second-order valence-corrected chi connectivity index (χ2v) is 9.39. The van der Waals surface area contributed by atoms with Gasteiger partial charge in [-0.05, 0) is 62.1 Å². The highest BCUT2D eigenvalue weighted by Crippen LogP contribution is 2.31. The molecule has 0 radical (unpaired) electrons. The first-order valence-corrected chi connectivity index (χ1v) is 11.3. The van der Waals surface area contributed by atoms with Crippen LogP contribution in [0, 0.1) is 20.8 Å². The number of aryl methyl sites for hydroxylation is 3. The number of benzene rings is 2. The van der Waals surface area contributed by atoms with Gasteiger partial charge in [-0.15, -0.1) is 8.78 Å². The van der Waals surface area contributed by atoms with Crippen LogP contribution >= 0.6 is 11.6 Å². The first-order chi connectivity index (χ1) is 14.4. The molecule has 3 aromatic rings. The zero-order valence-electron chi connectivity index (χ0n) is 17.5. The van der Waals surface area contributed by atoms with E-state index in [2.05, 4.69) is 14.4 Å². The lowest BCUT2D eigenvalue weighted by molar-refractivity contribution is -0.0964. The Morgan fingerprint density at radius 3 is 2.48 bits per heavy atom. The van der Waals surface area contributed by atoms with Crippen LogP contribution in [0.15, 0.2) is 35.2 Å². The van der Waals surface area contributed by atoms with Crippen molar-refractivity contribution >= 4 is 32.5 Å². The largest absolute Gasteiger partial charge is 0.496 e. The third-order valence-electron chi connectivity index (χ3n) is 4.97. The number of hydrogen-bond donors (Lipinski definition) is 2. The SMILES string of the molecule is COc1cc(S(=O)(=O)NCCc2c(C)[nH]c3ccc(OC(F)(F)Cl)cc23)c(C)cc1C. The lowest BCUT2D eigenvalue weighted by atomic mass is 10.1. The van der Waals surface area contributed by atoms with Crippen molar-refractivity contribution in [2.45, 2.75) is 37.7 Å². The minimum Gasteiger partial charge on any atom is -0.496 e. The Morgan fingerprint density at radius 2 is 1.84 bits per heavy atom. The number of aromatic nitrogens is 1. The van der Waals surface area contributed by atoms with E-state index in [9.17, 15) is 17.2 Å². The fourth-order valence-electron chi connectivity index (χ4n) is 3.59. The predicted octanol–water partition coefficient (Wildman–Crippen LogP) is 4.79. The fraction of sp³-hybridized carbons (Fsp3) is 0.333. The van der Waals surface area contributed by atoms with Crippen LogP contribution in [0.5, 0.6) is 11.5 Å². The molecule has 0 unspecified atom stereocenters. The van der Waals surface area contributed by atoms with E-state index in [-0.39, 0.29) is 17.2 Å². The Morgan fingerprint density at radius 1 is 1.13 bits per heavy atom. The number of fused-ring (bicyclic) bond motifs is 1. The van der Waals surface area contributed by atoms with Gasteiger partial charge in [-0.25, -0.2) is 13.1 Å². The van der Waals surface area contributed by atoms with Crippen molar-refractivity contribution in [2.24, 2.45) is 0 Å². The number of H-pyrrole nitrogens is 1. The van der Waals surface area contributed by atoms with E-state index in [0.717, 1.165) is 22.3 Å². The van der Waals surface area contributed by atoms with Gasteiger partial charge in [0, 0.05) is 40.8 Å². The predicted molar refractivity (Wildman–Crippen MR) is 116 cm³/mol. The number of methoxy groups -OCH3 is 1. The lowest BCUT2D eigenvalue weighted by Gasteiger charge is -2.13. The molecule has 0 spiro atoms. The number of alkyl halides is 3. The quantitative estimate of drug-likeness (QED) is 0.462. The van der Waals surface area contributed by atoms with Gasteiger partial charge in [0.15, 0.2) is 0 Å². The number of nitrogens with one attached hydrogen (secondary N) is 2. The number of aromatic amines is 1. The number of sulfonamides is 1. The maximum atomic E-state index is 13.0. The number of halogens is 3. The Kier molecular flexibility index (Phi) is 6.50. The van der Waals surface area contributed by atoms with E-state index >= 15 is 0 Å². The summed E-state index contributed by atoms with van der Waals surface area (Å²) in [6, 6.07) is 7.70. The Hall–Kier alpha value is -2.36. The van der Waals surface area contributed by atoms with Gasteiger partial charge >= 0.3 is 5.57 Å². The first kappa shape index (κ1) is 23.3. The number of hydrogen-bond acceptors (Lipinski definition) is 4. The molecule has 0 aliphatic heterocycles. The van der Waals surface area contributed by atoms with E-state index in [1.165, 1.54) is 25.3 Å². The molecule has 6 nitrogen and oxygen atoms in total. The van der Waals surface area contributed by atoms with E-state index in [4.69, 9.17) is 16.3 Å². The van der Waals surface area contributed by atoms with Crippen LogP contribution in [0.4, 0.5) is 8.78 Å². The fourth-order valence-corrected chi connectivity index (χ4v) is 4.95. The third kappa shape index (κ3) is 5.28. The Balaban J connectivity index is 1.81. The maximum Gasteiger partial charge on any atom is 0.487 e. The lowest BCUT2D eigenvalue weighted by Crippen LogP contribution is -2.26. The summed E-state index contributed by atoms with van der Waals surface area (Å²) in [6.07, 6.45) is 0.341. The summed E-state index contributed by atoms with van der Waals surface area (Å²) >= 11 is 4.85. The average Bonchev–Trinajstić information content (AvgIpc) is 2.95. The van der Waals surface area contributed by atoms with E-state index < -0.39 is 15.6 Å². The topological polar surface area (TPSA) is 80.4 Å². The van der Waals surface area contributed by atoms with Crippen molar-refractivity contribution in [1.82, 2.24) is 9.71 Å². The number of ether oxygens (including phenoxy) is 2. The molecule has 168 valence electrons. The van der Waals surface area contributed by atoms with Crippen LogP contribution in [0.25, 0.3) is 10.9 Å². The molecule has 0 aliphatic rings. The summed E-state index contributed by atoms with van der Waals surface area (Å²) in [7, 11) is -2.29. The molecule has 2 aromatic carbocycles. The monoisotopic (exact) mass is 472 g/mol. The molecule has 0 aliphatic carbocycles. The summed E-state index contributed by atoms with van der Waals surface area (Å²) in [5.74, 6) is 0.401. The molecule has 0 atom stereocenters. The van der Waals surface area contributed by atoms with Crippen molar-refractivity contribution in [1.29, 1.82) is 0 Å². The van der Waals surface area contributed by atoms with Crippen LogP contribution < -0.4 is 14.2 Å². The van der Waals surface area contributed by atoms with Crippen molar-refractivity contribution in [2.75, 3.05) is 13.7 Å². The highest BCUT2D eigenvalue weighted by molar-refractivity contribution is 7.89. The summed E-state index contributed by atoms with van der Waals surface area (Å²) in [5, 5.41) is 0.656. The molecule has 0 saturated heterocycles. The molecule has 0 bridgehead atoms. The van der Waals surface area contributed by atoms with Crippen molar-refractivity contribution in [3.05, 3.63) is 52.7 Å². The molecular weight excluding hydrogens is 450 g/mol. The second kappa shape index (κ2) is 8.64. The van der Waals surface area contributed by atoms with E-state index in [0.29, 0.717) is 23.1 Å². The van der Waals surface area contributed by atoms with Crippen molar-refractivity contribution < 1.29 is 26.7 Å². The van der Waals surface area contributed by atoms with Gasteiger partial charge in [-0.3, -0.25) is 0 Å². The first-order valence-electron chi connectivity index (χ1n) is 9.43. The zero-order valence-corrected chi connectivity index (χ0v) is 19.0. The molecule has 2 N–H and O–H groups in total. The molecule has 31 heavy (non-hydrogen) atoms. The van der Waals surface area contributed by atoms with Gasteiger partial charge in [0.05, 0.1) is 12.0 Å². The van der Waals surface area contributed by atoms with Gasteiger partial charge < -0.3 is 14.5 Å². The third-order valence-corrected chi connectivity index (χ3v) is 6.65. The second-order valence-electron chi connectivity index (χ2n) is 7.22. The molecule has 1 heterocycles. The minimum absolute atomic E-state index is 0.0873. The summed E-state index contributed by atoms with van der Waals surface area (Å²) in [5.41, 5.74) is -0.0511. The Bertz CT molecular complexity index is 1220. The highest BCUT2D eigenvalue weighted by Gasteiger charge is 2.28. The summed E-state index contributed by atoms with van der Waals surface area (Å²) < 4.78 is 63.9. The van der Waals surface area contributed by atoms with E-state index in [1.54, 1.807) is 19.1 Å². The van der Waals surface area contributed by atoms with Gasteiger partial charge in [0.25, 0.3) is 0 Å². The summed E-state index contributed by atoms with van der Waals surface area (Å²) in [6.45, 7) is 5.50. The minimum atomic E-state index is -3.82. The zero-order chi connectivity index (χ0) is 23.0. The number of rotatable bonds is 8. The van der Waals surface area contributed by atoms with Gasteiger partial charge in [-0.1, -0.05) is 6.07 Å². The van der Waals surface area contributed by atoms with Crippen LogP contribution in [-0.4, -0.2) is 32.6 Å². The van der Waals surface area contributed by atoms with Crippen molar-refractivity contribution in [3.63, 3.8) is 0 Å². The molecule has 0 fully saturated rings. The molecule has 1 aromatic heterocycles.